The van der Waals surface area contributed by atoms with Crippen LogP contribution in [0.25, 0.3) is 0 Å². The molecular formula is C11H9F5O4. The molecule has 0 heterocycles. The number of carboxylic acid groups (broad SMARTS) is 1. The highest BCUT2D eigenvalue weighted by Gasteiger charge is 2.32. The van der Waals surface area contributed by atoms with Crippen LogP contribution < -0.4 is 9.47 Å². The molecule has 0 unspecified atom stereocenters. The van der Waals surface area contributed by atoms with Crippen molar-refractivity contribution in [3.63, 3.8) is 0 Å². The smallest absolute Gasteiger partial charge is 0.481 e. The molecule has 0 bridgehead atoms. The fraction of sp³-hybridized carbons (Fsp3) is 0.364. The molecule has 0 saturated heterocycles. The molecule has 0 aliphatic carbocycles. The zero-order valence-corrected chi connectivity index (χ0v) is 9.79. The third kappa shape index (κ3) is 5.72. The van der Waals surface area contributed by atoms with Gasteiger partial charge >= 0.3 is 18.9 Å². The third-order valence-electron chi connectivity index (χ3n) is 2.10. The minimum absolute atomic E-state index is 0.0775. The minimum atomic E-state index is -5.03. The van der Waals surface area contributed by atoms with Crippen LogP contribution in [0.1, 0.15) is 12.0 Å². The second kappa shape index (κ2) is 6.40. The van der Waals surface area contributed by atoms with Crippen LogP contribution in [-0.2, 0) is 11.2 Å². The summed E-state index contributed by atoms with van der Waals surface area (Å²) in [7, 11) is 0. The number of hydrogen-bond donors (Lipinski definition) is 1. The Hall–Kier alpha value is -2.06. The molecule has 1 rings (SSSR count). The molecule has 0 aliphatic rings. The Kier molecular flexibility index (Phi) is 5.12. The van der Waals surface area contributed by atoms with Crippen LogP contribution in [0.5, 0.6) is 11.5 Å². The van der Waals surface area contributed by atoms with Crippen molar-refractivity contribution in [2.75, 3.05) is 0 Å². The Bertz CT molecular complexity index is 472. The molecule has 0 aromatic heterocycles. The topological polar surface area (TPSA) is 55.8 Å². The zero-order valence-electron chi connectivity index (χ0n) is 9.79. The van der Waals surface area contributed by atoms with E-state index in [0.717, 1.165) is 12.1 Å². The molecule has 1 aromatic rings. The van der Waals surface area contributed by atoms with Crippen LogP contribution in [0.2, 0.25) is 0 Å². The van der Waals surface area contributed by atoms with Gasteiger partial charge in [0.15, 0.2) is 0 Å². The lowest BCUT2D eigenvalue weighted by Gasteiger charge is -2.14. The number of benzene rings is 1. The highest BCUT2D eigenvalue weighted by Crippen LogP contribution is 2.31. The maximum atomic E-state index is 12.2. The second-order valence-electron chi connectivity index (χ2n) is 3.59. The van der Waals surface area contributed by atoms with E-state index in [9.17, 15) is 26.7 Å². The van der Waals surface area contributed by atoms with Gasteiger partial charge in [-0.1, -0.05) is 6.07 Å². The summed E-state index contributed by atoms with van der Waals surface area (Å²) in [5.41, 5.74) is -0.0775. The SMILES string of the molecule is O=C(O)CCc1ccc(OC(F)F)cc1OC(F)(F)F. The van der Waals surface area contributed by atoms with E-state index in [1.165, 1.54) is 0 Å². The van der Waals surface area contributed by atoms with Crippen molar-refractivity contribution in [3.8, 4) is 11.5 Å². The van der Waals surface area contributed by atoms with Gasteiger partial charge in [0.1, 0.15) is 11.5 Å². The van der Waals surface area contributed by atoms with Gasteiger partial charge in [-0.05, 0) is 18.1 Å². The first kappa shape index (κ1) is 16.0. The number of aryl methyl sites for hydroxylation is 1. The van der Waals surface area contributed by atoms with Crippen LogP contribution in [0.4, 0.5) is 22.0 Å². The van der Waals surface area contributed by atoms with Crippen molar-refractivity contribution in [2.24, 2.45) is 0 Å². The first-order valence-electron chi connectivity index (χ1n) is 5.22. The molecular weight excluding hydrogens is 291 g/mol. The number of hydrogen-bond acceptors (Lipinski definition) is 3. The van der Waals surface area contributed by atoms with Gasteiger partial charge in [0.2, 0.25) is 0 Å². The van der Waals surface area contributed by atoms with Gasteiger partial charge in [-0.25, -0.2) is 0 Å². The largest absolute Gasteiger partial charge is 0.573 e. The molecule has 0 spiro atoms. The molecule has 1 aromatic carbocycles. The third-order valence-corrected chi connectivity index (χ3v) is 2.10. The number of rotatable bonds is 6. The Morgan fingerprint density at radius 2 is 1.95 bits per heavy atom. The van der Waals surface area contributed by atoms with Crippen LogP contribution >= 0.6 is 0 Å². The molecule has 0 aliphatic heterocycles. The lowest BCUT2D eigenvalue weighted by atomic mass is 10.1. The fourth-order valence-corrected chi connectivity index (χ4v) is 1.38. The maximum Gasteiger partial charge on any atom is 0.573 e. The summed E-state index contributed by atoms with van der Waals surface area (Å²) in [6, 6.07) is 2.69. The van der Waals surface area contributed by atoms with E-state index in [4.69, 9.17) is 5.11 Å². The molecule has 0 radical (unpaired) electrons. The monoisotopic (exact) mass is 300 g/mol. The van der Waals surface area contributed by atoms with Crippen molar-refractivity contribution >= 4 is 5.97 Å². The predicted molar refractivity (Wildman–Crippen MR) is 55.7 cm³/mol. The molecule has 0 atom stereocenters. The molecule has 9 heteroatoms. The molecule has 4 nitrogen and oxygen atoms in total. The summed E-state index contributed by atoms with van der Waals surface area (Å²) in [5.74, 6) is -2.49. The molecule has 20 heavy (non-hydrogen) atoms. The quantitative estimate of drug-likeness (QED) is 0.820. The normalized spacial score (nSPS) is 11.5. The van der Waals surface area contributed by atoms with Gasteiger partial charge in [-0.2, -0.15) is 8.78 Å². The number of aliphatic carboxylic acids is 1. The summed E-state index contributed by atoms with van der Waals surface area (Å²) >= 11 is 0. The van der Waals surface area contributed by atoms with Crippen LogP contribution in [0, 0.1) is 0 Å². The molecule has 1 N–H and O–H groups in total. The van der Waals surface area contributed by atoms with Crippen molar-refractivity contribution in [1.82, 2.24) is 0 Å². The lowest BCUT2D eigenvalue weighted by Crippen LogP contribution is -2.18. The summed E-state index contributed by atoms with van der Waals surface area (Å²) in [6.07, 6.45) is -5.69. The van der Waals surface area contributed by atoms with Gasteiger partial charge in [0, 0.05) is 12.5 Å². The lowest BCUT2D eigenvalue weighted by molar-refractivity contribution is -0.274. The van der Waals surface area contributed by atoms with Crippen molar-refractivity contribution in [1.29, 1.82) is 0 Å². The Morgan fingerprint density at radius 3 is 2.45 bits per heavy atom. The first-order chi connectivity index (χ1) is 9.17. The average Bonchev–Trinajstić information content (AvgIpc) is 2.24. The maximum absolute atomic E-state index is 12.2. The van der Waals surface area contributed by atoms with E-state index in [2.05, 4.69) is 9.47 Å². The Labute approximate surface area is 109 Å². The van der Waals surface area contributed by atoms with Crippen molar-refractivity contribution in [2.45, 2.75) is 25.8 Å². The zero-order chi connectivity index (χ0) is 15.3. The van der Waals surface area contributed by atoms with Gasteiger partial charge in [-0.3, -0.25) is 4.79 Å². The highest BCUT2D eigenvalue weighted by atomic mass is 19.4. The number of carbonyl (C=O) groups is 1. The summed E-state index contributed by atoms with van der Waals surface area (Å²) in [5, 5.41) is 8.48. The summed E-state index contributed by atoms with van der Waals surface area (Å²) < 4.78 is 68.1. The van der Waals surface area contributed by atoms with Gasteiger partial charge in [0.25, 0.3) is 0 Å². The Balaban J connectivity index is 2.99. The fourth-order valence-electron chi connectivity index (χ4n) is 1.38. The van der Waals surface area contributed by atoms with E-state index in [1.54, 1.807) is 0 Å². The first-order valence-corrected chi connectivity index (χ1v) is 5.22. The van der Waals surface area contributed by atoms with Gasteiger partial charge < -0.3 is 14.6 Å². The average molecular weight is 300 g/mol. The Morgan fingerprint density at radius 1 is 1.30 bits per heavy atom. The minimum Gasteiger partial charge on any atom is -0.481 e. The predicted octanol–water partition coefficient (Wildman–Crippen LogP) is 3.20. The molecule has 0 amide bonds. The van der Waals surface area contributed by atoms with E-state index in [-0.39, 0.29) is 12.0 Å². The number of alkyl halides is 5. The van der Waals surface area contributed by atoms with Crippen LogP contribution in [0.15, 0.2) is 18.2 Å². The summed E-state index contributed by atoms with van der Waals surface area (Å²) in [4.78, 5) is 10.4. The van der Waals surface area contributed by atoms with E-state index >= 15 is 0 Å². The number of ether oxygens (including phenoxy) is 2. The van der Waals surface area contributed by atoms with Gasteiger partial charge in [-0.15, -0.1) is 13.2 Å². The molecule has 112 valence electrons. The van der Waals surface area contributed by atoms with Gasteiger partial charge in [0.05, 0.1) is 0 Å². The summed E-state index contributed by atoms with van der Waals surface area (Å²) in [6.45, 7) is -3.20. The van der Waals surface area contributed by atoms with E-state index < -0.39 is 36.9 Å². The van der Waals surface area contributed by atoms with E-state index in [1.807, 2.05) is 0 Å². The van der Waals surface area contributed by atoms with Crippen LogP contribution in [0.3, 0.4) is 0 Å². The second-order valence-corrected chi connectivity index (χ2v) is 3.59. The highest BCUT2D eigenvalue weighted by molar-refractivity contribution is 5.67. The van der Waals surface area contributed by atoms with Crippen molar-refractivity contribution < 1.29 is 41.3 Å². The molecule has 0 fully saturated rings. The molecule has 0 saturated carbocycles. The van der Waals surface area contributed by atoms with Crippen LogP contribution in [-0.4, -0.2) is 24.0 Å². The number of halogens is 5. The van der Waals surface area contributed by atoms with Crippen molar-refractivity contribution in [3.05, 3.63) is 23.8 Å². The standard InChI is InChI=1S/C11H9F5O4/c12-10(13)19-7-3-1-6(2-4-9(17)18)8(5-7)20-11(14,15)16/h1,3,5,10H,2,4H2,(H,17,18). The number of carboxylic acids is 1. The van der Waals surface area contributed by atoms with E-state index in [0.29, 0.717) is 6.07 Å².